The summed E-state index contributed by atoms with van der Waals surface area (Å²) in [7, 11) is 0. The van der Waals surface area contributed by atoms with Crippen LogP contribution < -0.4 is 0 Å². The summed E-state index contributed by atoms with van der Waals surface area (Å²) in [6, 6.07) is 0. The molecule has 0 aromatic heterocycles. The van der Waals surface area contributed by atoms with Gasteiger partial charge in [-0.25, -0.2) is 4.79 Å². The second-order valence-electron chi connectivity index (χ2n) is 3.61. The molecule has 0 atom stereocenters. The van der Waals surface area contributed by atoms with Gasteiger partial charge >= 0.3 is 5.97 Å². The number of esters is 1. The number of carbonyl (C=O) groups is 1. The van der Waals surface area contributed by atoms with Gasteiger partial charge in [-0.3, -0.25) is 0 Å². The van der Waals surface area contributed by atoms with E-state index in [-0.39, 0.29) is 5.97 Å². The number of ether oxygens (including phenoxy) is 1. The first-order valence-corrected chi connectivity index (χ1v) is 5.41. The fraction of sp³-hybridized carbons (Fsp3) is 0.462. The van der Waals surface area contributed by atoms with Crippen molar-refractivity contribution >= 4 is 5.97 Å². The predicted molar refractivity (Wildman–Crippen MR) is 61.5 cm³/mol. The predicted octanol–water partition coefficient (Wildman–Crippen LogP) is 3.16. The van der Waals surface area contributed by atoms with Crippen LogP contribution in [0.2, 0.25) is 0 Å². The van der Waals surface area contributed by atoms with Gasteiger partial charge in [0.05, 0.1) is 6.61 Å². The number of rotatable bonds is 4. The van der Waals surface area contributed by atoms with Gasteiger partial charge in [-0.05, 0) is 43.8 Å². The molecule has 0 fully saturated rings. The van der Waals surface area contributed by atoms with Gasteiger partial charge in [-0.2, -0.15) is 0 Å². The normalized spacial score (nSPS) is 16.1. The maximum atomic E-state index is 11.7. The Morgan fingerprint density at radius 3 is 2.53 bits per heavy atom. The topological polar surface area (TPSA) is 26.3 Å². The number of hydrogen-bond acceptors (Lipinski definition) is 2. The second-order valence-corrected chi connectivity index (χ2v) is 3.61. The molecule has 15 heavy (non-hydrogen) atoms. The van der Waals surface area contributed by atoms with E-state index in [4.69, 9.17) is 4.74 Å². The molecule has 1 aliphatic carbocycles. The molecule has 0 saturated carbocycles. The fourth-order valence-corrected chi connectivity index (χ4v) is 1.83. The van der Waals surface area contributed by atoms with Gasteiger partial charge in [0.1, 0.15) is 0 Å². The third-order valence-corrected chi connectivity index (χ3v) is 2.62. The highest BCUT2D eigenvalue weighted by Crippen LogP contribution is 2.30. The molecule has 0 unspecified atom stereocenters. The molecule has 0 radical (unpaired) electrons. The van der Waals surface area contributed by atoms with Gasteiger partial charge in [-0.1, -0.05) is 19.2 Å². The van der Waals surface area contributed by atoms with E-state index in [1.807, 2.05) is 6.92 Å². The maximum absolute atomic E-state index is 11.7. The van der Waals surface area contributed by atoms with E-state index >= 15 is 0 Å². The first kappa shape index (κ1) is 11.8. The summed E-state index contributed by atoms with van der Waals surface area (Å²) in [5.74, 6) is -0.185. The highest BCUT2D eigenvalue weighted by molar-refractivity contribution is 5.90. The van der Waals surface area contributed by atoms with Crippen LogP contribution in [-0.2, 0) is 9.53 Å². The highest BCUT2D eigenvalue weighted by atomic mass is 16.5. The summed E-state index contributed by atoms with van der Waals surface area (Å²) in [6.45, 7) is 9.85. The summed E-state index contributed by atoms with van der Waals surface area (Å²) >= 11 is 0. The van der Waals surface area contributed by atoms with Crippen LogP contribution in [0.5, 0.6) is 0 Å². The van der Waals surface area contributed by atoms with Crippen molar-refractivity contribution in [1.82, 2.24) is 0 Å². The van der Waals surface area contributed by atoms with Crippen LogP contribution in [0.1, 0.15) is 32.6 Å². The molecule has 0 aliphatic heterocycles. The van der Waals surface area contributed by atoms with E-state index in [0.29, 0.717) is 6.61 Å². The van der Waals surface area contributed by atoms with Crippen LogP contribution in [0, 0.1) is 0 Å². The van der Waals surface area contributed by atoms with Crippen molar-refractivity contribution in [2.45, 2.75) is 32.6 Å². The van der Waals surface area contributed by atoms with Gasteiger partial charge in [0.15, 0.2) is 0 Å². The Morgan fingerprint density at radius 1 is 1.40 bits per heavy atom. The molecule has 0 N–H and O–H groups in total. The van der Waals surface area contributed by atoms with Gasteiger partial charge in [0.2, 0.25) is 0 Å². The molecule has 2 nitrogen and oxygen atoms in total. The van der Waals surface area contributed by atoms with Crippen LogP contribution in [0.15, 0.2) is 36.0 Å². The second kappa shape index (κ2) is 5.54. The Balaban J connectivity index is 2.95. The Hall–Kier alpha value is -1.31. The van der Waals surface area contributed by atoms with E-state index < -0.39 is 0 Å². The SMILES string of the molecule is C=CC(=C)C1=C(C(=O)OCC)CCCC1. The largest absolute Gasteiger partial charge is 0.463 e. The lowest BCUT2D eigenvalue weighted by atomic mass is 9.88. The summed E-state index contributed by atoms with van der Waals surface area (Å²) in [5.41, 5.74) is 2.69. The summed E-state index contributed by atoms with van der Waals surface area (Å²) < 4.78 is 5.03. The maximum Gasteiger partial charge on any atom is 0.334 e. The Morgan fingerprint density at radius 2 is 2.00 bits per heavy atom. The Kier molecular flexibility index (Phi) is 4.35. The molecule has 0 amide bonds. The van der Waals surface area contributed by atoms with Crippen molar-refractivity contribution in [1.29, 1.82) is 0 Å². The molecule has 0 aromatic rings. The zero-order valence-electron chi connectivity index (χ0n) is 9.34. The Labute approximate surface area is 91.3 Å². The molecule has 0 aromatic carbocycles. The molecule has 1 aliphatic rings. The van der Waals surface area contributed by atoms with Gasteiger partial charge in [-0.15, -0.1) is 0 Å². The summed E-state index contributed by atoms with van der Waals surface area (Å²) in [6.07, 6.45) is 5.60. The zero-order chi connectivity index (χ0) is 11.3. The zero-order valence-corrected chi connectivity index (χ0v) is 9.34. The van der Waals surface area contributed by atoms with E-state index in [0.717, 1.165) is 42.4 Å². The van der Waals surface area contributed by atoms with Crippen LogP contribution in [0.25, 0.3) is 0 Å². The van der Waals surface area contributed by atoms with Gasteiger partial charge in [0.25, 0.3) is 0 Å². The van der Waals surface area contributed by atoms with E-state index in [1.54, 1.807) is 6.08 Å². The standard InChI is InChI=1S/C13H18O2/c1-4-10(3)11-8-6-7-9-12(11)13(14)15-5-2/h4H,1,3,5-9H2,2H3. The highest BCUT2D eigenvalue weighted by Gasteiger charge is 2.20. The average Bonchev–Trinajstić information content (AvgIpc) is 2.28. The first-order chi connectivity index (χ1) is 7.20. The third kappa shape index (κ3) is 2.82. The van der Waals surface area contributed by atoms with Crippen molar-refractivity contribution in [3.05, 3.63) is 36.0 Å². The van der Waals surface area contributed by atoms with E-state index in [1.165, 1.54) is 0 Å². The van der Waals surface area contributed by atoms with Crippen LogP contribution in [0.3, 0.4) is 0 Å². The Bertz CT molecular complexity index is 310. The minimum absolute atomic E-state index is 0.185. The number of carbonyl (C=O) groups excluding carboxylic acids is 1. The lowest BCUT2D eigenvalue weighted by molar-refractivity contribution is -0.138. The summed E-state index contributed by atoms with van der Waals surface area (Å²) in [4.78, 5) is 11.7. The molecule has 1 rings (SSSR count). The molecular weight excluding hydrogens is 188 g/mol. The van der Waals surface area contributed by atoms with Crippen molar-refractivity contribution in [2.24, 2.45) is 0 Å². The molecule has 0 heterocycles. The van der Waals surface area contributed by atoms with Crippen LogP contribution >= 0.6 is 0 Å². The van der Waals surface area contributed by atoms with E-state index in [9.17, 15) is 4.79 Å². The van der Waals surface area contributed by atoms with Crippen molar-refractivity contribution in [3.63, 3.8) is 0 Å². The smallest absolute Gasteiger partial charge is 0.334 e. The monoisotopic (exact) mass is 206 g/mol. The summed E-state index contributed by atoms with van der Waals surface area (Å²) in [5, 5.41) is 0. The molecule has 2 heteroatoms. The number of allylic oxidation sites excluding steroid dienone is 3. The fourth-order valence-electron chi connectivity index (χ4n) is 1.83. The third-order valence-electron chi connectivity index (χ3n) is 2.62. The molecule has 0 bridgehead atoms. The van der Waals surface area contributed by atoms with Gasteiger partial charge in [0, 0.05) is 5.57 Å². The van der Waals surface area contributed by atoms with Crippen molar-refractivity contribution in [3.8, 4) is 0 Å². The van der Waals surface area contributed by atoms with Crippen LogP contribution in [0.4, 0.5) is 0 Å². The molecular formula is C13H18O2. The first-order valence-electron chi connectivity index (χ1n) is 5.41. The minimum atomic E-state index is -0.185. The molecule has 0 saturated heterocycles. The van der Waals surface area contributed by atoms with Crippen molar-refractivity contribution < 1.29 is 9.53 Å². The quantitative estimate of drug-likeness (QED) is 0.521. The molecule has 0 spiro atoms. The lowest BCUT2D eigenvalue weighted by Gasteiger charge is -2.19. The van der Waals surface area contributed by atoms with E-state index in [2.05, 4.69) is 13.2 Å². The minimum Gasteiger partial charge on any atom is -0.463 e. The van der Waals surface area contributed by atoms with Crippen LogP contribution in [-0.4, -0.2) is 12.6 Å². The van der Waals surface area contributed by atoms with Crippen molar-refractivity contribution in [2.75, 3.05) is 6.61 Å². The van der Waals surface area contributed by atoms with Gasteiger partial charge < -0.3 is 4.74 Å². The average molecular weight is 206 g/mol. The molecule has 82 valence electrons. The number of hydrogen-bond donors (Lipinski definition) is 0. The lowest BCUT2D eigenvalue weighted by Crippen LogP contribution is -2.13.